The van der Waals surface area contributed by atoms with Gasteiger partial charge in [0.15, 0.2) is 0 Å². The van der Waals surface area contributed by atoms with Crippen molar-refractivity contribution in [2.45, 2.75) is 51.3 Å². The Hall–Kier alpha value is -9.38. The van der Waals surface area contributed by atoms with Gasteiger partial charge in [-0.2, -0.15) is 0 Å². The Morgan fingerprint density at radius 3 is 1.73 bits per heavy atom. The fourth-order valence-electron chi connectivity index (χ4n) is 11.9. The number of pyridine rings is 1. The van der Waals surface area contributed by atoms with Gasteiger partial charge < -0.3 is 5.11 Å². The standard InChI is InChI=1S/C75H61N3O/c1-75(2,61-29-13-6-14-30-61)62-40-38-54(39-41-62)57-43-44-76-69(50-57)60-48-58(53-23-7-3-8-24-53)47-59(49-60)64-33-20-36-71-72(64)77-74(67-35-19-34-66(73(67)79)65-32-18-17-31-63(65)55-25-9-4-10-26-55)78(71)70-42-37-52(45-51-21-15-16-22-51)46-68(70)56-27-11-5-12-28-56/h3-14,17-20,23-44,46-51,79H,15-16,21-22,45H2,1-2H3/i45D2. The van der Waals surface area contributed by atoms with Crippen molar-refractivity contribution in [1.82, 2.24) is 14.5 Å². The molecule has 0 spiro atoms. The number of aromatic hydroxyl groups is 1. The third kappa shape index (κ3) is 9.65. The Balaban J connectivity index is 1.01. The lowest BCUT2D eigenvalue weighted by Crippen LogP contribution is -2.18. The van der Waals surface area contributed by atoms with E-state index in [4.69, 9.17) is 9.97 Å². The first kappa shape index (κ1) is 46.9. The third-order valence-electron chi connectivity index (χ3n) is 16.2. The molecule has 0 bridgehead atoms. The normalized spacial score (nSPS) is 13.3. The van der Waals surface area contributed by atoms with Crippen LogP contribution in [0, 0.1) is 5.92 Å². The van der Waals surface area contributed by atoms with E-state index in [-0.39, 0.29) is 17.1 Å². The number of benzene rings is 10. The average Bonchev–Trinajstić information content (AvgIpc) is 4.41. The average molecular weight is 1020 g/mol. The second-order valence-electron chi connectivity index (χ2n) is 21.4. The molecule has 1 N–H and O–H groups in total. The van der Waals surface area contributed by atoms with Crippen LogP contribution in [0.4, 0.5) is 0 Å². The zero-order valence-electron chi connectivity index (χ0n) is 46.5. The molecule has 4 nitrogen and oxygen atoms in total. The van der Waals surface area contributed by atoms with Gasteiger partial charge in [-0.3, -0.25) is 9.55 Å². The minimum atomic E-state index is -1.52. The minimum Gasteiger partial charge on any atom is -0.507 e. The molecule has 79 heavy (non-hydrogen) atoms. The molecule has 13 rings (SSSR count). The molecule has 1 aliphatic rings. The van der Waals surface area contributed by atoms with Crippen molar-refractivity contribution in [3.05, 3.63) is 278 Å². The van der Waals surface area contributed by atoms with Gasteiger partial charge in [0.05, 0.1) is 28.0 Å². The number of nitrogens with zero attached hydrogens (tertiary/aromatic N) is 3. The van der Waals surface area contributed by atoms with Crippen LogP contribution in [0.3, 0.4) is 0 Å². The molecule has 1 saturated carbocycles. The summed E-state index contributed by atoms with van der Waals surface area (Å²) in [5.41, 5.74) is 19.5. The van der Waals surface area contributed by atoms with Crippen molar-refractivity contribution in [2.24, 2.45) is 5.92 Å². The van der Waals surface area contributed by atoms with Crippen molar-refractivity contribution >= 4 is 11.0 Å². The fraction of sp³-hybridized carbons (Fsp3) is 0.120. The number of hydrogen-bond donors (Lipinski definition) is 1. The first-order chi connectivity index (χ1) is 39.6. The summed E-state index contributed by atoms with van der Waals surface area (Å²) in [7, 11) is 0. The van der Waals surface area contributed by atoms with Gasteiger partial charge in [0.2, 0.25) is 0 Å². The molecule has 4 heteroatoms. The number of rotatable bonds is 13. The molecule has 2 aromatic heterocycles. The Morgan fingerprint density at radius 1 is 0.456 bits per heavy atom. The smallest absolute Gasteiger partial charge is 0.149 e. The molecular weight excluding hydrogens is 959 g/mol. The summed E-state index contributed by atoms with van der Waals surface area (Å²) in [5.74, 6) is 0.615. The molecule has 10 aromatic carbocycles. The van der Waals surface area contributed by atoms with Gasteiger partial charge in [-0.25, -0.2) is 4.98 Å². The SMILES string of the molecule is [2H]C([2H])(c1ccc(-n2c(-c3cccc(-c4ccccc4-c4ccccc4)c3O)nc3c(-c4cc(-c5ccccc5)cc(-c5cc(-c6ccc(C(C)(C)c7ccccc7)cc6)ccn5)c4)cccc32)c(-c2ccccc2)c1)C1CCCC1. The van der Waals surface area contributed by atoms with Crippen LogP contribution in [0.5, 0.6) is 5.75 Å². The number of fused-ring (bicyclic) bond motifs is 1. The first-order valence-electron chi connectivity index (χ1n) is 28.6. The zero-order valence-corrected chi connectivity index (χ0v) is 44.5. The topological polar surface area (TPSA) is 50.9 Å². The summed E-state index contributed by atoms with van der Waals surface area (Å²) < 4.78 is 21.4. The Morgan fingerprint density at radius 2 is 1.01 bits per heavy atom. The largest absolute Gasteiger partial charge is 0.507 e. The second kappa shape index (κ2) is 21.2. The van der Waals surface area contributed by atoms with Crippen molar-refractivity contribution in [2.75, 3.05) is 0 Å². The van der Waals surface area contributed by atoms with E-state index in [1.807, 2.05) is 85.1 Å². The van der Waals surface area contributed by atoms with E-state index in [2.05, 4.69) is 194 Å². The summed E-state index contributed by atoms with van der Waals surface area (Å²) >= 11 is 0. The van der Waals surface area contributed by atoms with Crippen LogP contribution in [0.15, 0.2) is 261 Å². The van der Waals surface area contributed by atoms with E-state index in [9.17, 15) is 7.85 Å². The number of aromatic nitrogens is 3. The Kier molecular flexibility index (Phi) is 12.6. The van der Waals surface area contributed by atoms with Crippen LogP contribution in [0.25, 0.3) is 106 Å². The fourth-order valence-corrected chi connectivity index (χ4v) is 11.9. The van der Waals surface area contributed by atoms with Crippen LogP contribution in [0.1, 0.15) is 59.0 Å². The van der Waals surface area contributed by atoms with Gasteiger partial charge in [0.1, 0.15) is 11.6 Å². The predicted octanol–water partition coefficient (Wildman–Crippen LogP) is 19.5. The molecular formula is C75H61N3O. The third-order valence-corrected chi connectivity index (χ3v) is 16.2. The molecule has 0 aliphatic heterocycles. The molecule has 12 aromatic rings. The van der Waals surface area contributed by atoms with Crippen LogP contribution < -0.4 is 0 Å². The maximum atomic E-state index is 12.9. The van der Waals surface area contributed by atoms with Crippen LogP contribution >= 0.6 is 0 Å². The molecule has 0 saturated heterocycles. The number of phenols is 1. The van der Waals surface area contributed by atoms with Crippen molar-refractivity contribution in [3.8, 4) is 101 Å². The number of hydrogen-bond acceptors (Lipinski definition) is 3. The van der Waals surface area contributed by atoms with Crippen molar-refractivity contribution < 1.29 is 7.85 Å². The number of phenolic OH excluding ortho intramolecular Hbond substituents is 1. The zero-order chi connectivity index (χ0) is 55.1. The van der Waals surface area contributed by atoms with Gasteiger partial charge in [0.25, 0.3) is 0 Å². The quantitative estimate of drug-likeness (QED) is 0.125. The van der Waals surface area contributed by atoms with Gasteiger partial charge in [-0.1, -0.05) is 240 Å². The number of para-hydroxylation sites is 2. The lowest BCUT2D eigenvalue weighted by Gasteiger charge is -2.26. The van der Waals surface area contributed by atoms with E-state index in [0.717, 1.165) is 115 Å². The summed E-state index contributed by atoms with van der Waals surface area (Å²) in [6.07, 6.45) is 4.21. The van der Waals surface area contributed by atoms with E-state index >= 15 is 0 Å². The highest BCUT2D eigenvalue weighted by molar-refractivity contribution is 5.99. The van der Waals surface area contributed by atoms with Gasteiger partial charge in [-0.05, 0) is 134 Å². The van der Waals surface area contributed by atoms with Crippen molar-refractivity contribution in [3.63, 3.8) is 0 Å². The highest BCUT2D eigenvalue weighted by atomic mass is 16.3. The minimum absolute atomic E-state index is 0.0591. The molecule has 382 valence electrons. The van der Waals surface area contributed by atoms with Crippen LogP contribution in [-0.4, -0.2) is 19.6 Å². The van der Waals surface area contributed by atoms with Gasteiger partial charge >= 0.3 is 0 Å². The predicted molar refractivity (Wildman–Crippen MR) is 328 cm³/mol. The second-order valence-corrected chi connectivity index (χ2v) is 21.4. The van der Waals surface area contributed by atoms with Crippen LogP contribution in [0.2, 0.25) is 0 Å². The number of imidazole rings is 1. The lowest BCUT2D eigenvalue weighted by molar-refractivity contribution is 0.479. The highest BCUT2D eigenvalue weighted by Crippen LogP contribution is 2.46. The van der Waals surface area contributed by atoms with Crippen molar-refractivity contribution in [1.29, 1.82) is 0 Å². The maximum Gasteiger partial charge on any atom is 0.149 e. The molecule has 0 atom stereocenters. The summed E-state index contributed by atoms with van der Waals surface area (Å²) in [6.45, 7) is 4.55. The maximum absolute atomic E-state index is 12.9. The summed E-state index contributed by atoms with van der Waals surface area (Å²) in [6, 6.07) is 88.3. The van der Waals surface area contributed by atoms with E-state index in [1.165, 1.54) is 11.1 Å². The molecule has 1 fully saturated rings. The van der Waals surface area contributed by atoms with E-state index in [0.29, 0.717) is 22.5 Å². The molecule has 1 aliphatic carbocycles. The van der Waals surface area contributed by atoms with E-state index in [1.54, 1.807) is 0 Å². The molecule has 0 radical (unpaired) electrons. The monoisotopic (exact) mass is 1020 g/mol. The first-order valence-corrected chi connectivity index (χ1v) is 27.6. The summed E-state index contributed by atoms with van der Waals surface area (Å²) in [4.78, 5) is 10.7. The summed E-state index contributed by atoms with van der Waals surface area (Å²) in [5, 5.41) is 12.9. The van der Waals surface area contributed by atoms with Gasteiger partial charge in [-0.15, -0.1) is 0 Å². The van der Waals surface area contributed by atoms with Gasteiger partial charge in [0, 0.05) is 36.6 Å². The highest BCUT2D eigenvalue weighted by Gasteiger charge is 2.26. The molecule has 0 amide bonds. The molecule has 2 heterocycles. The molecule has 0 unspecified atom stereocenters. The Bertz CT molecular complexity index is 4220. The van der Waals surface area contributed by atoms with E-state index < -0.39 is 6.37 Å². The van der Waals surface area contributed by atoms with Crippen LogP contribution in [-0.2, 0) is 11.8 Å². The Labute approximate surface area is 466 Å². The lowest BCUT2D eigenvalue weighted by atomic mass is 9.78.